The third kappa shape index (κ3) is 6.86. The standard InChI is InChI=1S/C24H33N3O6S/c1-6-20(24(29)25-7-2)26(16-18-12-14-19(32-3)15-13-18)23(28)17-27(34(5,30)31)21-10-8-9-11-22(21)33-4/h8-15,20H,6-7,16-17H2,1-5H3,(H,25,29). The largest absolute Gasteiger partial charge is 0.497 e. The van der Waals surface area contributed by atoms with Crippen molar-refractivity contribution in [1.82, 2.24) is 10.2 Å². The molecule has 186 valence electrons. The molecule has 0 aliphatic rings. The molecule has 10 heteroatoms. The van der Waals surface area contributed by atoms with E-state index in [1.165, 1.54) is 12.0 Å². The van der Waals surface area contributed by atoms with Crippen LogP contribution >= 0.6 is 0 Å². The number of benzene rings is 2. The number of ether oxygens (including phenoxy) is 2. The van der Waals surface area contributed by atoms with Crippen LogP contribution in [0.2, 0.25) is 0 Å². The Bertz CT molecular complexity index is 1070. The molecule has 0 bridgehead atoms. The molecule has 2 aromatic carbocycles. The van der Waals surface area contributed by atoms with Crippen LogP contribution in [0.3, 0.4) is 0 Å². The maximum absolute atomic E-state index is 13.6. The zero-order chi connectivity index (χ0) is 25.3. The van der Waals surface area contributed by atoms with E-state index in [-0.39, 0.29) is 18.1 Å². The number of sulfonamides is 1. The first kappa shape index (κ1) is 27.0. The zero-order valence-corrected chi connectivity index (χ0v) is 21.1. The predicted octanol–water partition coefficient (Wildman–Crippen LogP) is 2.41. The lowest BCUT2D eigenvalue weighted by Crippen LogP contribution is -2.52. The number of rotatable bonds is 12. The molecular weight excluding hydrogens is 458 g/mol. The molecule has 0 saturated heterocycles. The second-order valence-corrected chi connectivity index (χ2v) is 9.54. The van der Waals surface area contributed by atoms with Crippen molar-refractivity contribution in [2.45, 2.75) is 32.9 Å². The van der Waals surface area contributed by atoms with Gasteiger partial charge in [-0.15, -0.1) is 0 Å². The summed E-state index contributed by atoms with van der Waals surface area (Å²) in [4.78, 5) is 27.8. The van der Waals surface area contributed by atoms with Gasteiger partial charge in [0.15, 0.2) is 0 Å². The van der Waals surface area contributed by atoms with Gasteiger partial charge in [-0.2, -0.15) is 0 Å². The predicted molar refractivity (Wildman–Crippen MR) is 131 cm³/mol. The molecule has 0 radical (unpaired) electrons. The molecule has 0 saturated carbocycles. The number of carbonyl (C=O) groups excluding carboxylic acids is 2. The fourth-order valence-corrected chi connectivity index (χ4v) is 4.42. The topological polar surface area (TPSA) is 105 Å². The Morgan fingerprint density at radius 3 is 2.18 bits per heavy atom. The number of hydrogen-bond donors (Lipinski definition) is 1. The minimum absolute atomic E-state index is 0.127. The van der Waals surface area contributed by atoms with Crippen LogP contribution < -0.4 is 19.1 Å². The lowest BCUT2D eigenvalue weighted by Gasteiger charge is -2.33. The Kier molecular flexibility index (Phi) is 9.73. The van der Waals surface area contributed by atoms with E-state index in [9.17, 15) is 18.0 Å². The van der Waals surface area contributed by atoms with Gasteiger partial charge in [0.25, 0.3) is 0 Å². The summed E-state index contributed by atoms with van der Waals surface area (Å²) in [5.41, 5.74) is 1.02. The summed E-state index contributed by atoms with van der Waals surface area (Å²) in [6.45, 7) is 3.67. The normalized spacial score (nSPS) is 11.9. The van der Waals surface area contributed by atoms with Gasteiger partial charge >= 0.3 is 0 Å². The van der Waals surface area contributed by atoms with Crippen LogP contribution in [0.15, 0.2) is 48.5 Å². The summed E-state index contributed by atoms with van der Waals surface area (Å²) in [7, 11) is -0.845. The number of hydrogen-bond acceptors (Lipinski definition) is 6. The third-order valence-corrected chi connectivity index (χ3v) is 6.41. The van der Waals surface area contributed by atoms with Crippen molar-refractivity contribution in [3.8, 4) is 11.5 Å². The molecule has 9 nitrogen and oxygen atoms in total. The summed E-state index contributed by atoms with van der Waals surface area (Å²) in [5.74, 6) is 0.176. The molecule has 0 aliphatic carbocycles. The molecule has 0 spiro atoms. The third-order valence-electron chi connectivity index (χ3n) is 5.28. The van der Waals surface area contributed by atoms with Crippen molar-refractivity contribution < 1.29 is 27.5 Å². The summed E-state index contributed by atoms with van der Waals surface area (Å²) in [6.07, 6.45) is 1.39. The summed E-state index contributed by atoms with van der Waals surface area (Å²) < 4.78 is 36.8. The molecule has 34 heavy (non-hydrogen) atoms. The number of nitrogens with one attached hydrogen (secondary N) is 1. The van der Waals surface area contributed by atoms with Gasteiger partial charge in [0, 0.05) is 13.1 Å². The highest BCUT2D eigenvalue weighted by molar-refractivity contribution is 7.92. The lowest BCUT2D eigenvalue weighted by molar-refractivity contribution is -0.140. The van der Waals surface area contributed by atoms with E-state index < -0.39 is 28.5 Å². The molecule has 2 rings (SSSR count). The number of likely N-dealkylation sites (N-methyl/N-ethyl adjacent to an activating group) is 1. The molecule has 1 N–H and O–H groups in total. The second kappa shape index (κ2) is 12.3. The van der Waals surface area contributed by atoms with Crippen molar-refractivity contribution in [2.75, 3.05) is 37.9 Å². The first-order valence-corrected chi connectivity index (χ1v) is 12.8. The summed E-state index contributed by atoms with van der Waals surface area (Å²) in [5, 5.41) is 2.76. The van der Waals surface area contributed by atoms with E-state index in [1.807, 2.05) is 6.92 Å². The van der Waals surface area contributed by atoms with E-state index in [1.54, 1.807) is 62.6 Å². The first-order valence-electron chi connectivity index (χ1n) is 11.0. The SMILES string of the molecule is CCNC(=O)C(CC)N(Cc1ccc(OC)cc1)C(=O)CN(c1ccccc1OC)S(C)(=O)=O. The van der Waals surface area contributed by atoms with Gasteiger partial charge < -0.3 is 19.7 Å². The maximum Gasteiger partial charge on any atom is 0.244 e. The number of nitrogens with zero attached hydrogens (tertiary/aromatic N) is 2. The molecule has 2 amide bonds. The zero-order valence-electron chi connectivity index (χ0n) is 20.3. The molecular formula is C24H33N3O6S. The Morgan fingerprint density at radius 2 is 1.65 bits per heavy atom. The maximum atomic E-state index is 13.6. The fraction of sp³-hybridized carbons (Fsp3) is 0.417. The van der Waals surface area contributed by atoms with E-state index in [4.69, 9.17) is 9.47 Å². The Morgan fingerprint density at radius 1 is 1.00 bits per heavy atom. The quantitative estimate of drug-likeness (QED) is 0.489. The highest BCUT2D eigenvalue weighted by Gasteiger charge is 2.32. The van der Waals surface area contributed by atoms with Crippen LogP contribution in [-0.2, 0) is 26.2 Å². The van der Waals surface area contributed by atoms with Crippen LogP contribution in [0.4, 0.5) is 5.69 Å². The average molecular weight is 492 g/mol. The highest BCUT2D eigenvalue weighted by Crippen LogP contribution is 2.29. The van der Waals surface area contributed by atoms with Crippen LogP contribution in [0.1, 0.15) is 25.8 Å². The van der Waals surface area contributed by atoms with Crippen molar-refractivity contribution in [1.29, 1.82) is 0 Å². The lowest BCUT2D eigenvalue weighted by atomic mass is 10.1. The van der Waals surface area contributed by atoms with Gasteiger partial charge in [-0.25, -0.2) is 8.42 Å². The Hall–Kier alpha value is -3.27. The van der Waals surface area contributed by atoms with Crippen LogP contribution in [0, 0.1) is 0 Å². The van der Waals surface area contributed by atoms with Crippen molar-refractivity contribution >= 4 is 27.5 Å². The molecule has 0 aromatic heterocycles. The first-order chi connectivity index (χ1) is 16.2. The van der Waals surface area contributed by atoms with E-state index in [2.05, 4.69) is 5.32 Å². The van der Waals surface area contributed by atoms with Crippen molar-refractivity contribution in [2.24, 2.45) is 0 Å². The van der Waals surface area contributed by atoms with Gasteiger partial charge in [0.1, 0.15) is 24.1 Å². The minimum atomic E-state index is -3.84. The van der Waals surface area contributed by atoms with Gasteiger partial charge in [-0.3, -0.25) is 13.9 Å². The van der Waals surface area contributed by atoms with Gasteiger partial charge in [-0.1, -0.05) is 31.2 Å². The molecule has 1 atom stereocenters. The van der Waals surface area contributed by atoms with E-state index >= 15 is 0 Å². The fourth-order valence-electron chi connectivity index (χ4n) is 3.57. The minimum Gasteiger partial charge on any atom is -0.497 e. The number of carbonyl (C=O) groups is 2. The molecule has 2 aromatic rings. The number of amides is 2. The highest BCUT2D eigenvalue weighted by atomic mass is 32.2. The van der Waals surface area contributed by atoms with Gasteiger partial charge in [0.2, 0.25) is 21.8 Å². The molecule has 0 aliphatic heterocycles. The van der Waals surface area contributed by atoms with Crippen molar-refractivity contribution in [3.63, 3.8) is 0 Å². The van der Waals surface area contributed by atoms with Crippen LogP contribution in [0.5, 0.6) is 11.5 Å². The average Bonchev–Trinajstić information content (AvgIpc) is 2.82. The smallest absolute Gasteiger partial charge is 0.244 e. The second-order valence-electron chi connectivity index (χ2n) is 7.63. The summed E-state index contributed by atoms with van der Waals surface area (Å²) >= 11 is 0. The Labute approximate surface area is 201 Å². The van der Waals surface area contributed by atoms with Gasteiger partial charge in [-0.05, 0) is 43.2 Å². The monoisotopic (exact) mass is 491 g/mol. The van der Waals surface area contributed by atoms with Crippen LogP contribution in [-0.4, -0.2) is 64.7 Å². The van der Waals surface area contributed by atoms with Gasteiger partial charge in [0.05, 0.1) is 26.2 Å². The Balaban J connectivity index is 2.45. The number of para-hydroxylation sites is 2. The van der Waals surface area contributed by atoms with Crippen LogP contribution in [0.25, 0.3) is 0 Å². The van der Waals surface area contributed by atoms with E-state index in [0.29, 0.717) is 24.5 Å². The van der Waals surface area contributed by atoms with Crippen molar-refractivity contribution in [3.05, 3.63) is 54.1 Å². The number of anilines is 1. The number of methoxy groups -OCH3 is 2. The summed E-state index contributed by atoms with van der Waals surface area (Å²) in [6, 6.07) is 12.9. The molecule has 1 unspecified atom stereocenters. The molecule has 0 fully saturated rings. The van der Waals surface area contributed by atoms with E-state index in [0.717, 1.165) is 16.1 Å². The molecule has 0 heterocycles.